The van der Waals surface area contributed by atoms with Crippen molar-refractivity contribution in [3.63, 3.8) is 0 Å². The van der Waals surface area contributed by atoms with E-state index in [0.29, 0.717) is 18.0 Å². The van der Waals surface area contributed by atoms with Crippen LogP contribution >= 0.6 is 0 Å². The van der Waals surface area contributed by atoms with E-state index in [2.05, 4.69) is 25.4 Å². The predicted molar refractivity (Wildman–Crippen MR) is 104 cm³/mol. The molecule has 7 nitrogen and oxygen atoms in total. The highest BCUT2D eigenvalue weighted by atomic mass is 16.5. The van der Waals surface area contributed by atoms with Crippen LogP contribution in [-0.2, 0) is 11.3 Å². The van der Waals surface area contributed by atoms with E-state index in [4.69, 9.17) is 4.74 Å². The van der Waals surface area contributed by atoms with Crippen molar-refractivity contribution in [2.45, 2.75) is 13.5 Å². The number of nitrogens with zero attached hydrogens (tertiary/aromatic N) is 3. The summed E-state index contributed by atoms with van der Waals surface area (Å²) in [5.41, 5.74) is 3.58. The first-order chi connectivity index (χ1) is 13.2. The van der Waals surface area contributed by atoms with E-state index < -0.39 is 0 Å². The average Bonchev–Trinajstić information content (AvgIpc) is 3.16. The van der Waals surface area contributed by atoms with Crippen LogP contribution in [0.1, 0.15) is 12.5 Å². The number of aromatic amines is 1. The van der Waals surface area contributed by atoms with Gasteiger partial charge in [0.2, 0.25) is 5.91 Å². The number of amides is 1. The van der Waals surface area contributed by atoms with Crippen molar-refractivity contribution < 1.29 is 9.53 Å². The van der Waals surface area contributed by atoms with Crippen LogP contribution in [0, 0.1) is 0 Å². The molecule has 2 aromatic heterocycles. The molecule has 0 saturated heterocycles. The third-order valence-corrected chi connectivity index (χ3v) is 4.26. The van der Waals surface area contributed by atoms with Crippen molar-refractivity contribution in [3.8, 4) is 17.0 Å². The lowest BCUT2D eigenvalue weighted by Crippen LogP contribution is -2.32. The summed E-state index contributed by atoms with van der Waals surface area (Å²) < 4.78 is 5.28. The van der Waals surface area contributed by atoms with E-state index in [-0.39, 0.29) is 12.5 Å². The fourth-order valence-corrected chi connectivity index (χ4v) is 2.85. The van der Waals surface area contributed by atoms with E-state index in [1.54, 1.807) is 25.7 Å². The molecule has 7 heteroatoms. The van der Waals surface area contributed by atoms with Gasteiger partial charge in [0.25, 0.3) is 0 Å². The molecular formula is C20H23N5O2. The first kappa shape index (κ1) is 18.6. The number of carbonyl (C=O) groups is 1. The van der Waals surface area contributed by atoms with Crippen molar-refractivity contribution in [2.24, 2.45) is 0 Å². The molecular weight excluding hydrogens is 342 g/mol. The van der Waals surface area contributed by atoms with Gasteiger partial charge in [-0.2, -0.15) is 5.10 Å². The minimum Gasteiger partial charge on any atom is -0.495 e. The number of likely N-dealkylation sites (N-methyl/N-ethyl adjacent to an activating group) is 1. The topological polar surface area (TPSA) is 83.1 Å². The zero-order chi connectivity index (χ0) is 19.1. The third-order valence-electron chi connectivity index (χ3n) is 4.26. The molecule has 0 unspecified atom stereocenters. The summed E-state index contributed by atoms with van der Waals surface area (Å²) in [4.78, 5) is 18.7. The number of carbonyl (C=O) groups excluding carboxylic acids is 1. The Balaban J connectivity index is 1.66. The summed E-state index contributed by atoms with van der Waals surface area (Å²) in [5.74, 6) is 0.551. The minimum absolute atomic E-state index is 0.0900. The largest absolute Gasteiger partial charge is 0.495 e. The molecule has 3 aromatic rings. The van der Waals surface area contributed by atoms with Crippen LogP contribution in [0.5, 0.6) is 5.75 Å². The Morgan fingerprint density at radius 2 is 2.07 bits per heavy atom. The quantitative estimate of drug-likeness (QED) is 0.641. The molecule has 0 aliphatic rings. The number of nitrogens with one attached hydrogen (secondary N) is 2. The Labute approximate surface area is 158 Å². The molecule has 140 valence electrons. The lowest BCUT2D eigenvalue weighted by atomic mass is 10.1. The second-order valence-electron chi connectivity index (χ2n) is 6.06. The number of aromatic nitrogens is 3. The van der Waals surface area contributed by atoms with E-state index in [9.17, 15) is 4.79 Å². The summed E-state index contributed by atoms with van der Waals surface area (Å²) in [6.07, 6.45) is 5.32. The Morgan fingerprint density at radius 3 is 2.81 bits per heavy atom. The van der Waals surface area contributed by atoms with Crippen molar-refractivity contribution in [3.05, 3.63) is 60.6 Å². The molecule has 0 aliphatic carbocycles. The standard InChI is InChI=1S/C20H23N5O2/c1-3-25(14-19(26)23-17-8-4-5-9-18(17)27-2)13-16-12-22-24-20(16)15-7-6-10-21-11-15/h4-12H,3,13-14H2,1-2H3,(H,22,24)(H,23,26). The molecule has 0 aliphatic heterocycles. The smallest absolute Gasteiger partial charge is 0.238 e. The van der Waals surface area contributed by atoms with Crippen molar-refractivity contribution in [1.82, 2.24) is 20.1 Å². The van der Waals surface area contributed by atoms with Crippen LogP contribution in [-0.4, -0.2) is 46.2 Å². The van der Waals surface area contributed by atoms with Crippen molar-refractivity contribution in [2.75, 3.05) is 25.5 Å². The van der Waals surface area contributed by atoms with Gasteiger partial charge in [-0.3, -0.25) is 19.8 Å². The van der Waals surface area contributed by atoms with Gasteiger partial charge in [-0.15, -0.1) is 0 Å². The first-order valence-electron chi connectivity index (χ1n) is 8.79. The zero-order valence-corrected chi connectivity index (χ0v) is 15.5. The van der Waals surface area contributed by atoms with E-state index in [1.807, 2.05) is 43.3 Å². The van der Waals surface area contributed by atoms with Crippen molar-refractivity contribution >= 4 is 11.6 Å². The second kappa shape index (κ2) is 8.95. The minimum atomic E-state index is -0.0900. The Hall–Kier alpha value is -3.19. The monoisotopic (exact) mass is 365 g/mol. The van der Waals surface area contributed by atoms with Gasteiger partial charge in [0.05, 0.1) is 31.2 Å². The van der Waals surface area contributed by atoms with Crippen LogP contribution < -0.4 is 10.1 Å². The van der Waals surface area contributed by atoms with Gasteiger partial charge in [0, 0.05) is 30.1 Å². The van der Waals surface area contributed by atoms with Crippen LogP contribution in [0.25, 0.3) is 11.3 Å². The van der Waals surface area contributed by atoms with Gasteiger partial charge in [0.15, 0.2) is 0 Å². The maximum absolute atomic E-state index is 12.5. The van der Waals surface area contributed by atoms with Crippen LogP contribution in [0.3, 0.4) is 0 Å². The molecule has 27 heavy (non-hydrogen) atoms. The molecule has 0 spiro atoms. The molecule has 2 heterocycles. The highest BCUT2D eigenvalue weighted by molar-refractivity contribution is 5.93. The van der Waals surface area contributed by atoms with Gasteiger partial charge >= 0.3 is 0 Å². The maximum Gasteiger partial charge on any atom is 0.238 e. The number of methoxy groups -OCH3 is 1. The second-order valence-corrected chi connectivity index (χ2v) is 6.06. The predicted octanol–water partition coefficient (Wildman–Crippen LogP) is 2.94. The number of rotatable bonds is 8. The molecule has 1 amide bonds. The first-order valence-corrected chi connectivity index (χ1v) is 8.79. The SMILES string of the molecule is CCN(CC(=O)Nc1ccccc1OC)Cc1cn[nH]c1-c1cccnc1. The van der Waals surface area contributed by atoms with Crippen LogP contribution in [0.15, 0.2) is 55.0 Å². The number of H-pyrrole nitrogens is 1. The fraction of sp³-hybridized carbons (Fsp3) is 0.250. The molecule has 0 fully saturated rings. The molecule has 0 saturated carbocycles. The van der Waals surface area contributed by atoms with Crippen LogP contribution in [0.2, 0.25) is 0 Å². The van der Waals surface area contributed by atoms with E-state index in [0.717, 1.165) is 23.4 Å². The van der Waals surface area contributed by atoms with E-state index in [1.165, 1.54) is 0 Å². The Kier molecular flexibility index (Phi) is 6.17. The third kappa shape index (κ3) is 4.71. The number of anilines is 1. The lowest BCUT2D eigenvalue weighted by molar-refractivity contribution is -0.117. The highest BCUT2D eigenvalue weighted by Gasteiger charge is 2.15. The summed E-state index contributed by atoms with van der Waals surface area (Å²) in [5, 5.41) is 10.1. The number of hydrogen-bond donors (Lipinski definition) is 2. The molecule has 0 radical (unpaired) electrons. The molecule has 0 bridgehead atoms. The Morgan fingerprint density at radius 1 is 1.22 bits per heavy atom. The molecule has 2 N–H and O–H groups in total. The van der Waals surface area contributed by atoms with Gasteiger partial charge < -0.3 is 10.1 Å². The summed E-state index contributed by atoms with van der Waals surface area (Å²) in [7, 11) is 1.59. The lowest BCUT2D eigenvalue weighted by Gasteiger charge is -2.20. The summed E-state index contributed by atoms with van der Waals surface area (Å²) in [6.45, 7) is 3.64. The number of benzene rings is 1. The Bertz CT molecular complexity index is 879. The van der Waals surface area contributed by atoms with Gasteiger partial charge in [0.1, 0.15) is 5.75 Å². The zero-order valence-electron chi connectivity index (χ0n) is 15.5. The maximum atomic E-state index is 12.5. The molecule has 1 aromatic carbocycles. The molecule has 3 rings (SSSR count). The normalized spacial score (nSPS) is 10.8. The van der Waals surface area contributed by atoms with Gasteiger partial charge in [-0.25, -0.2) is 0 Å². The van der Waals surface area contributed by atoms with Crippen molar-refractivity contribution in [1.29, 1.82) is 0 Å². The highest BCUT2D eigenvalue weighted by Crippen LogP contribution is 2.23. The summed E-state index contributed by atoms with van der Waals surface area (Å²) >= 11 is 0. The fourth-order valence-electron chi connectivity index (χ4n) is 2.85. The number of hydrogen-bond acceptors (Lipinski definition) is 5. The van der Waals surface area contributed by atoms with E-state index >= 15 is 0 Å². The van der Waals surface area contributed by atoms with Gasteiger partial charge in [-0.1, -0.05) is 19.1 Å². The molecule has 0 atom stereocenters. The average molecular weight is 365 g/mol. The summed E-state index contributed by atoms with van der Waals surface area (Å²) in [6, 6.07) is 11.2. The number of para-hydroxylation sites is 2. The van der Waals surface area contributed by atoms with Gasteiger partial charge in [-0.05, 0) is 30.8 Å². The number of ether oxygens (including phenoxy) is 1. The number of pyridine rings is 1. The van der Waals surface area contributed by atoms with Crippen LogP contribution in [0.4, 0.5) is 5.69 Å².